The first-order valence-electron chi connectivity index (χ1n) is 12.4. The molecule has 4 rings (SSSR count). The van der Waals surface area contributed by atoms with Gasteiger partial charge in [-0.2, -0.15) is 0 Å². The largest absolute Gasteiger partial charge is 0.455 e. The minimum absolute atomic E-state index is 0.0285. The molecular formula is C27H33ClN4O3. The Balaban J connectivity index is 1.44. The Morgan fingerprint density at radius 1 is 1.11 bits per heavy atom. The van der Waals surface area contributed by atoms with Gasteiger partial charge in [0.1, 0.15) is 12.3 Å². The van der Waals surface area contributed by atoms with Crippen molar-refractivity contribution in [2.45, 2.75) is 63.8 Å². The number of hydrogen-bond acceptors (Lipinski definition) is 6. The third-order valence-electron chi connectivity index (χ3n) is 6.58. The van der Waals surface area contributed by atoms with E-state index in [4.69, 9.17) is 16.3 Å². The zero-order valence-electron chi connectivity index (χ0n) is 20.1. The fraction of sp³-hybridized carbons (Fsp3) is 0.444. The number of aliphatic hydroxyl groups excluding tert-OH is 1. The summed E-state index contributed by atoms with van der Waals surface area (Å²) in [6.07, 6.45) is 6.60. The van der Waals surface area contributed by atoms with Gasteiger partial charge in [0.05, 0.1) is 23.9 Å². The van der Waals surface area contributed by atoms with E-state index in [9.17, 15) is 9.90 Å². The smallest absolute Gasteiger partial charge is 0.338 e. The maximum Gasteiger partial charge on any atom is 0.338 e. The number of rotatable bonds is 10. The molecule has 0 amide bonds. The normalized spacial score (nSPS) is 20.6. The van der Waals surface area contributed by atoms with E-state index in [1.54, 1.807) is 35.1 Å². The summed E-state index contributed by atoms with van der Waals surface area (Å²) in [7, 11) is 0. The number of carbonyl (C=O) groups excluding carboxylic acids is 1. The van der Waals surface area contributed by atoms with Crippen LogP contribution in [0.3, 0.4) is 0 Å². The Morgan fingerprint density at radius 3 is 2.63 bits per heavy atom. The van der Waals surface area contributed by atoms with Crippen LogP contribution < -0.4 is 0 Å². The van der Waals surface area contributed by atoms with Crippen molar-refractivity contribution in [1.29, 1.82) is 0 Å². The molecule has 0 radical (unpaired) electrons. The molecule has 0 spiro atoms. The van der Waals surface area contributed by atoms with Gasteiger partial charge in [-0.25, -0.2) is 9.48 Å². The summed E-state index contributed by atoms with van der Waals surface area (Å²) in [5.74, 6) is -0.403. The minimum Gasteiger partial charge on any atom is -0.455 e. The molecule has 1 N–H and O–H groups in total. The number of unbranched alkanes of at least 4 members (excludes halogenated alkanes) is 3. The van der Waals surface area contributed by atoms with Crippen molar-refractivity contribution < 1.29 is 14.6 Å². The summed E-state index contributed by atoms with van der Waals surface area (Å²) < 4.78 is 7.10. The van der Waals surface area contributed by atoms with E-state index < -0.39 is 12.1 Å². The van der Waals surface area contributed by atoms with E-state index in [0.717, 1.165) is 13.0 Å². The molecule has 3 atom stereocenters. The predicted molar refractivity (Wildman–Crippen MR) is 135 cm³/mol. The molecule has 1 aliphatic heterocycles. The summed E-state index contributed by atoms with van der Waals surface area (Å²) in [6, 6.07) is 16.7. The molecule has 0 aliphatic carbocycles. The lowest BCUT2D eigenvalue weighted by atomic mass is 9.89. The highest BCUT2D eigenvalue weighted by Gasteiger charge is 2.36. The predicted octanol–water partition coefficient (Wildman–Crippen LogP) is 5.22. The number of benzene rings is 2. The number of aliphatic hydroxyl groups is 1. The quantitative estimate of drug-likeness (QED) is 0.306. The van der Waals surface area contributed by atoms with Crippen LogP contribution in [0, 0.1) is 0 Å². The maximum absolute atomic E-state index is 12.2. The molecule has 1 aromatic heterocycles. The third-order valence-corrected chi connectivity index (χ3v) is 6.84. The SMILES string of the molecule is CCCCCCN1C[C@@H](O)[C@H](n2cc(COC(=O)c3ccccc3)nn2)C[C@@H]1c1ccc(Cl)cc1. The van der Waals surface area contributed by atoms with Gasteiger partial charge in [-0.05, 0) is 49.2 Å². The molecule has 1 aliphatic rings. The van der Waals surface area contributed by atoms with Crippen molar-refractivity contribution >= 4 is 17.6 Å². The van der Waals surface area contributed by atoms with Crippen LogP contribution in [-0.4, -0.2) is 50.2 Å². The van der Waals surface area contributed by atoms with Crippen LogP contribution in [0.2, 0.25) is 5.02 Å². The monoisotopic (exact) mass is 496 g/mol. The van der Waals surface area contributed by atoms with Crippen LogP contribution >= 0.6 is 11.6 Å². The summed E-state index contributed by atoms with van der Waals surface area (Å²) in [5, 5.41) is 20.2. The highest BCUT2D eigenvalue weighted by atomic mass is 35.5. The Morgan fingerprint density at radius 2 is 1.89 bits per heavy atom. The molecular weight excluding hydrogens is 464 g/mol. The molecule has 2 aromatic carbocycles. The number of piperidine rings is 1. The molecule has 3 aromatic rings. The first-order valence-corrected chi connectivity index (χ1v) is 12.7. The summed E-state index contributed by atoms with van der Waals surface area (Å²) >= 11 is 6.14. The molecule has 1 fully saturated rings. The van der Waals surface area contributed by atoms with E-state index in [1.165, 1.54) is 24.8 Å². The number of halogens is 1. The van der Waals surface area contributed by atoms with Crippen molar-refractivity contribution in [1.82, 2.24) is 19.9 Å². The zero-order valence-corrected chi connectivity index (χ0v) is 20.8. The highest BCUT2D eigenvalue weighted by Crippen LogP contribution is 2.37. The van der Waals surface area contributed by atoms with Gasteiger partial charge in [0.15, 0.2) is 0 Å². The van der Waals surface area contributed by atoms with Crippen molar-refractivity contribution in [3.63, 3.8) is 0 Å². The molecule has 1 saturated heterocycles. The second-order valence-corrected chi connectivity index (χ2v) is 9.56. The molecule has 0 unspecified atom stereocenters. The van der Waals surface area contributed by atoms with Gasteiger partial charge in [0.2, 0.25) is 0 Å². The first-order chi connectivity index (χ1) is 17.0. The van der Waals surface area contributed by atoms with Gasteiger partial charge in [-0.1, -0.05) is 73.3 Å². The molecule has 35 heavy (non-hydrogen) atoms. The Hall–Kier alpha value is -2.74. The van der Waals surface area contributed by atoms with Gasteiger partial charge < -0.3 is 9.84 Å². The fourth-order valence-corrected chi connectivity index (χ4v) is 4.79. The molecule has 0 saturated carbocycles. The van der Waals surface area contributed by atoms with Crippen molar-refractivity contribution in [2.75, 3.05) is 13.1 Å². The lowest BCUT2D eigenvalue weighted by Crippen LogP contribution is -2.46. The average molecular weight is 497 g/mol. The average Bonchev–Trinajstić information content (AvgIpc) is 3.35. The number of aromatic nitrogens is 3. The summed E-state index contributed by atoms with van der Waals surface area (Å²) in [6.45, 7) is 3.73. The van der Waals surface area contributed by atoms with Crippen LogP contribution in [0.25, 0.3) is 0 Å². The molecule has 2 heterocycles. The topological polar surface area (TPSA) is 80.5 Å². The van der Waals surface area contributed by atoms with Crippen molar-refractivity contribution in [3.05, 3.63) is 82.6 Å². The molecule has 8 heteroatoms. The van der Waals surface area contributed by atoms with E-state index >= 15 is 0 Å². The fourth-order valence-electron chi connectivity index (χ4n) is 4.67. The van der Waals surface area contributed by atoms with Gasteiger partial charge in [0, 0.05) is 17.6 Å². The number of hydrogen-bond donors (Lipinski definition) is 1. The van der Waals surface area contributed by atoms with Crippen LogP contribution in [0.1, 0.15) is 72.7 Å². The van der Waals surface area contributed by atoms with Crippen LogP contribution in [0.4, 0.5) is 0 Å². The lowest BCUT2D eigenvalue weighted by Gasteiger charge is -2.42. The van der Waals surface area contributed by atoms with Crippen molar-refractivity contribution in [3.8, 4) is 0 Å². The van der Waals surface area contributed by atoms with Crippen LogP contribution in [0.5, 0.6) is 0 Å². The lowest BCUT2D eigenvalue weighted by molar-refractivity contribution is -0.0102. The van der Waals surface area contributed by atoms with E-state index in [2.05, 4.69) is 34.3 Å². The van der Waals surface area contributed by atoms with Crippen molar-refractivity contribution in [2.24, 2.45) is 0 Å². The van der Waals surface area contributed by atoms with Crippen LogP contribution in [0.15, 0.2) is 60.8 Å². The second-order valence-electron chi connectivity index (χ2n) is 9.13. The number of esters is 1. The number of likely N-dealkylation sites (tertiary alicyclic amines) is 1. The molecule has 186 valence electrons. The first kappa shape index (κ1) is 25.4. The van der Waals surface area contributed by atoms with E-state index in [0.29, 0.717) is 29.2 Å². The van der Waals surface area contributed by atoms with Gasteiger partial charge in [-0.3, -0.25) is 4.90 Å². The number of nitrogens with zero attached hydrogens (tertiary/aromatic N) is 4. The highest BCUT2D eigenvalue weighted by molar-refractivity contribution is 6.30. The summed E-state index contributed by atoms with van der Waals surface area (Å²) in [4.78, 5) is 14.6. The maximum atomic E-state index is 12.2. The van der Waals surface area contributed by atoms with Crippen LogP contribution in [-0.2, 0) is 11.3 Å². The Bertz CT molecular complexity index is 1070. The minimum atomic E-state index is -0.578. The number of ether oxygens (including phenoxy) is 1. The standard InChI is InChI=1S/C27H33ClN4O3/c1-2-3-4-8-15-31-18-26(33)25(16-24(31)20-11-13-22(28)14-12-20)32-17-23(29-30-32)19-35-27(34)21-9-6-5-7-10-21/h5-7,9-14,17,24-26,33H,2-4,8,15-16,18-19H2,1H3/t24-,25-,26-/m1/s1. The van der Waals surface area contributed by atoms with Gasteiger partial charge >= 0.3 is 5.97 Å². The Labute approximate surface area is 211 Å². The zero-order chi connectivity index (χ0) is 24.6. The molecule has 0 bridgehead atoms. The van der Waals surface area contributed by atoms with Gasteiger partial charge in [0.25, 0.3) is 0 Å². The van der Waals surface area contributed by atoms with Gasteiger partial charge in [-0.15, -0.1) is 5.10 Å². The Kier molecular flexibility index (Phi) is 8.90. The van der Waals surface area contributed by atoms with E-state index in [-0.39, 0.29) is 18.7 Å². The second kappa shape index (κ2) is 12.3. The number of β-amino-alcohol motifs (C(OH)–C–C–N with tert-alkyl or cyclic N) is 1. The van der Waals surface area contributed by atoms with E-state index in [1.807, 2.05) is 18.2 Å². The molecule has 7 nitrogen and oxygen atoms in total. The third kappa shape index (κ3) is 6.69. The summed E-state index contributed by atoms with van der Waals surface area (Å²) in [5.41, 5.74) is 2.22. The number of carbonyl (C=O) groups is 1.